The van der Waals surface area contributed by atoms with Gasteiger partial charge in [-0.3, -0.25) is 0 Å². The molecule has 1 saturated carbocycles. The molecule has 0 bridgehead atoms. The SMILES string of the molecule is O=C(O)c1ccc(-c2ccc(CCNC[C@H](O)c3cccc(Cl)c3)cc2)cc1OC1CCCCC1. The van der Waals surface area contributed by atoms with Crippen LogP contribution in [0.3, 0.4) is 0 Å². The predicted molar refractivity (Wildman–Crippen MR) is 139 cm³/mol. The van der Waals surface area contributed by atoms with Crippen molar-refractivity contribution in [1.82, 2.24) is 5.32 Å². The molecule has 1 atom stereocenters. The van der Waals surface area contributed by atoms with Crippen LogP contribution in [0, 0.1) is 0 Å². The molecule has 1 fully saturated rings. The van der Waals surface area contributed by atoms with Crippen molar-refractivity contribution in [2.45, 2.75) is 50.7 Å². The van der Waals surface area contributed by atoms with Crippen LogP contribution in [0.15, 0.2) is 66.7 Å². The molecule has 35 heavy (non-hydrogen) atoms. The van der Waals surface area contributed by atoms with E-state index in [1.54, 1.807) is 18.2 Å². The summed E-state index contributed by atoms with van der Waals surface area (Å²) in [7, 11) is 0. The minimum absolute atomic E-state index is 0.0874. The summed E-state index contributed by atoms with van der Waals surface area (Å²) in [5.74, 6) is -0.515. The molecule has 3 N–H and O–H groups in total. The number of hydrogen-bond acceptors (Lipinski definition) is 4. The van der Waals surface area contributed by atoms with E-state index < -0.39 is 12.1 Å². The summed E-state index contributed by atoms with van der Waals surface area (Å²) in [6.45, 7) is 1.20. The number of rotatable bonds is 10. The smallest absolute Gasteiger partial charge is 0.339 e. The summed E-state index contributed by atoms with van der Waals surface area (Å²) < 4.78 is 6.14. The lowest BCUT2D eigenvalue weighted by Crippen LogP contribution is -2.23. The molecule has 0 heterocycles. The van der Waals surface area contributed by atoms with Gasteiger partial charge < -0.3 is 20.3 Å². The first-order valence-corrected chi connectivity index (χ1v) is 12.6. The maximum Gasteiger partial charge on any atom is 0.339 e. The lowest BCUT2D eigenvalue weighted by molar-refractivity contribution is 0.0686. The molecular weight excluding hydrogens is 462 g/mol. The third-order valence-electron chi connectivity index (χ3n) is 6.51. The van der Waals surface area contributed by atoms with Crippen LogP contribution in [0.2, 0.25) is 5.02 Å². The third-order valence-corrected chi connectivity index (χ3v) is 6.74. The average molecular weight is 494 g/mol. The van der Waals surface area contributed by atoms with E-state index in [1.165, 1.54) is 12.0 Å². The summed E-state index contributed by atoms with van der Waals surface area (Å²) in [6.07, 6.45) is 5.74. The molecule has 1 aliphatic rings. The van der Waals surface area contributed by atoms with Crippen LogP contribution in [-0.2, 0) is 6.42 Å². The van der Waals surface area contributed by atoms with Gasteiger partial charge in [-0.2, -0.15) is 0 Å². The van der Waals surface area contributed by atoms with E-state index in [0.29, 0.717) is 17.3 Å². The fourth-order valence-corrected chi connectivity index (χ4v) is 4.70. The molecule has 0 radical (unpaired) electrons. The molecule has 0 spiro atoms. The number of nitrogens with one attached hydrogen (secondary N) is 1. The molecule has 3 aromatic carbocycles. The van der Waals surface area contributed by atoms with Crippen molar-refractivity contribution in [3.8, 4) is 16.9 Å². The Morgan fingerprint density at radius 2 is 1.74 bits per heavy atom. The van der Waals surface area contributed by atoms with Gasteiger partial charge in [-0.25, -0.2) is 4.79 Å². The topological polar surface area (TPSA) is 78.8 Å². The normalized spacial score (nSPS) is 15.0. The van der Waals surface area contributed by atoms with Crippen molar-refractivity contribution in [2.75, 3.05) is 13.1 Å². The first kappa shape index (κ1) is 25.2. The van der Waals surface area contributed by atoms with Crippen molar-refractivity contribution in [1.29, 1.82) is 0 Å². The Kier molecular flexibility index (Phi) is 8.80. The standard InChI is InChI=1S/C29H32ClNO4/c30-24-6-4-5-23(17-24)27(32)19-31-16-15-20-9-11-21(12-10-20)22-13-14-26(29(33)34)28(18-22)35-25-7-2-1-3-8-25/h4-6,9-14,17-18,25,27,31-32H,1-3,7-8,15-16,19H2,(H,33,34)/t27-/m0/s1. The number of carboxylic acid groups (broad SMARTS) is 1. The van der Waals surface area contributed by atoms with Crippen LogP contribution in [0.1, 0.15) is 59.7 Å². The maximum absolute atomic E-state index is 11.7. The number of halogens is 1. The monoisotopic (exact) mass is 493 g/mol. The van der Waals surface area contributed by atoms with Crippen molar-refractivity contribution >= 4 is 17.6 Å². The van der Waals surface area contributed by atoms with E-state index in [9.17, 15) is 15.0 Å². The van der Waals surface area contributed by atoms with Crippen LogP contribution in [-0.4, -0.2) is 35.4 Å². The molecule has 1 aliphatic carbocycles. The Bertz CT molecular complexity index is 1130. The fourth-order valence-electron chi connectivity index (χ4n) is 4.51. The van der Waals surface area contributed by atoms with E-state index in [2.05, 4.69) is 29.6 Å². The van der Waals surface area contributed by atoms with E-state index in [-0.39, 0.29) is 11.7 Å². The van der Waals surface area contributed by atoms with E-state index >= 15 is 0 Å². The quantitative estimate of drug-likeness (QED) is 0.289. The third kappa shape index (κ3) is 7.07. The molecule has 184 valence electrons. The number of benzene rings is 3. The van der Waals surface area contributed by atoms with Crippen molar-refractivity contribution in [2.24, 2.45) is 0 Å². The Hall–Kier alpha value is -2.86. The molecule has 0 aliphatic heterocycles. The predicted octanol–water partition coefficient (Wildman–Crippen LogP) is 6.28. The van der Waals surface area contributed by atoms with E-state index in [4.69, 9.17) is 16.3 Å². The zero-order valence-electron chi connectivity index (χ0n) is 19.8. The molecule has 0 saturated heterocycles. The van der Waals surface area contributed by atoms with Gasteiger partial charge in [0.15, 0.2) is 0 Å². The van der Waals surface area contributed by atoms with Crippen LogP contribution in [0.5, 0.6) is 5.75 Å². The van der Waals surface area contributed by atoms with Gasteiger partial charge in [0.05, 0.1) is 12.2 Å². The summed E-state index contributed by atoms with van der Waals surface area (Å²) in [4.78, 5) is 11.7. The second-order valence-electron chi connectivity index (χ2n) is 9.12. The zero-order chi connectivity index (χ0) is 24.6. The number of hydrogen-bond donors (Lipinski definition) is 3. The van der Waals surface area contributed by atoms with E-state index in [1.807, 2.05) is 24.3 Å². The van der Waals surface area contributed by atoms with Crippen molar-refractivity contribution < 1.29 is 19.7 Å². The van der Waals surface area contributed by atoms with Gasteiger partial charge >= 0.3 is 5.97 Å². The number of carbonyl (C=O) groups is 1. The van der Waals surface area contributed by atoms with Gasteiger partial charge in [0.2, 0.25) is 0 Å². The van der Waals surface area contributed by atoms with Gasteiger partial charge in [-0.15, -0.1) is 0 Å². The largest absolute Gasteiger partial charge is 0.490 e. The summed E-state index contributed by atoms with van der Waals surface area (Å²) >= 11 is 6.00. The Balaban J connectivity index is 1.34. The number of carboxylic acids is 1. The highest BCUT2D eigenvalue weighted by Gasteiger charge is 2.19. The zero-order valence-corrected chi connectivity index (χ0v) is 20.5. The minimum atomic E-state index is -0.967. The summed E-state index contributed by atoms with van der Waals surface area (Å²) in [6, 6.07) is 20.9. The number of aliphatic hydroxyl groups is 1. The lowest BCUT2D eigenvalue weighted by atomic mass is 9.97. The fraction of sp³-hybridized carbons (Fsp3) is 0.345. The molecule has 0 amide bonds. The number of ether oxygens (including phenoxy) is 1. The van der Waals surface area contributed by atoms with Crippen LogP contribution in [0.4, 0.5) is 0 Å². The highest BCUT2D eigenvalue weighted by molar-refractivity contribution is 6.30. The molecular formula is C29H32ClNO4. The molecule has 0 aromatic heterocycles. The summed E-state index contributed by atoms with van der Waals surface area (Å²) in [5, 5.41) is 23.8. The second-order valence-corrected chi connectivity index (χ2v) is 9.55. The van der Waals surface area contributed by atoms with Crippen molar-refractivity contribution in [3.63, 3.8) is 0 Å². The molecule has 4 rings (SSSR count). The summed E-state index contributed by atoms with van der Waals surface area (Å²) in [5.41, 5.74) is 4.15. The van der Waals surface area contributed by atoms with Gasteiger partial charge in [-0.05, 0) is 85.2 Å². The molecule has 6 heteroatoms. The Labute approximate surface area is 211 Å². The van der Waals surface area contributed by atoms with E-state index in [0.717, 1.165) is 55.3 Å². The Morgan fingerprint density at radius 1 is 1.00 bits per heavy atom. The van der Waals surface area contributed by atoms with Crippen LogP contribution < -0.4 is 10.1 Å². The average Bonchev–Trinajstić information content (AvgIpc) is 2.87. The van der Waals surface area contributed by atoms with Gasteiger partial charge in [0, 0.05) is 11.6 Å². The molecule has 3 aromatic rings. The number of aromatic carboxylic acids is 1. The highest BCUT2D eigenvalue weighted by atomic mass is 35.5. The molecule has 5 nitrogen and oxygen atoms in total. The number of aliphatic hydroxyl groups excluding tert-OH is 1. The molecule has 0 unspecified atom stereocenters. The maximum atomic E-state index is 11.7. The van der Waals surface area contributed by atoms with Gasteiger partial charge in [0.25, 0.3) is 0 Å². The first-order valence-electron chi connectivity index (χ1n) is 12.3. The van der Waals surface area contributed by atoms with Gasteiger partial charge in [0.1, 0.15) is 11.3 Å². The first-order chi connectivity index (χ1) is 17.0. The second kappa shape index (κ2) is 12.2. The van der Waals surface area contributed by atoms with Crippen LogP contribution >= 0.6 is 11.6 Å². The van der Waals surface area contributed by atoms with Crippen molar-refractivity contribution in [3.05, 3.63) is 88.4 Å². The van der Waals surface area contributed by atoms with Crippen LogP contribution in [0.25, 0.3) is 11.1 Å². The Morgan fingerprint density at radius 3 is 2.46 bits per heavy atom. The lowest BCUT2D eigenvalue weighted by Gasteiger charge is -2.24. The highest BCUT2D eigenvalue weighted by Crippen LogP contribution is 2.31. The minimum Gasteiger partial charge on any atom is -0.490 e. The van der Waals surface area contributed by atoms with Gasteiger partial charge in [-0.1, -0.05) is 60.5 Å².